The molecule has 0 fully saturated rings. The Morgan fingerprint density at radius 1 is 1.38 bits per heavy atom. The van der Waals surface area contributed by atoms with Gasteiger partial charge in [0.05, 0.1) is 6.54 Å². The molecule has 2 aromatic rings. The molecule has 0 aromatic carbocycles. The van der Waals surface area contributed by atoms with Gasteiger partial charge >= 0.3 is 11.7 Å². The smallest absolute Gasteiger partial charge is 0.348 e. The van der Waals surface area contributed by atoms with Crippen LogP contribution in [0, 0.1) is 13.8 Å². The molecule has 0 radical (unpaired) electrons. The quantitative estimate of drug-likeness (QED) is 0.873. The van der Waals surface area contributed by atoms with Gasteiger partial charge in [0.25, 0.3) is 0 Å². The predicted molar refractivity (Wildman–Crippen MR) is 76.2 cm³/mol. The van der Waals surface area contributed by atoms with Crippen molar-refractivity contribution in [3.63, 3.8) is 0 Å². The zero-order chi connectivity index (χ0) is 15.6. The van der Waals surface area contributed by atoms with Gasteiger partial charge in [-0.1, -0.05) is 0 Å². The molecule has 2 heterocycles. The van der Waals surface area contributed by atoms with Gasteiger partial charge in [0.2, 0.25) is 0 Å². The van der Waals surface area contributed by atoms with Gasteiger partial charge in [0, 0.05) is 37.3 Å². The molecular formula is C14H18N4O3. The minimum absolute atomic E-state index is 0.0178. The number of aromatic nitrogens is 4. The van der Waals surface area contributed by atoms with E-state index in [1.54, 1.807) is 13.1 Å². The van der Waals surface area contributed by atoms with E-state index in [0.29, 0.717) is 18.7 Å². The highest BCUT2D eigenvalue weighted by molar-refractivity contribution is 5.67. The fourth-order valence-electron chi connectivity index (χ4n) is 2.31. The van der Waals surface area contributed by atoms with E-state index in [0.717, 1.165) is 17.1 Å². The van der Waals surface area contributed by atoms with Crippen LogP contribution >= 0.6 is 0 Å². The molecule has 0 atom stereocenters. The van der Waals surface area contributed by atoms with Gasteiger partial charge < -0.3 is 9.67 Å². The zero-order valence-electron chi connectivity index (χ0n) is 12.3. The topological polar surface area (TPSA) is 90.0 Å². The summed E-state index contributed by atoms with van der Waals surface area (Å²) in [5.41, 5.74) is 1.81. The lowest BCUT2D eigenvalue weighted by molar-refractivity contribution is -0.136. The molecule has 112 valence electrons. The molecule has 2 rings (SSSR count). The number of aliphatic carboxylic acids is 1. The van der Waals surface area contributed by atoms with E-state index >= 15 is 0 Å². The van der Waals surface area contributed by atoms with Gasteiger partial charge in [-0.05, 0) is 25.8 Å². The number of imidazole rings is 1. The highest BCUT2D eigenvalue weighted by atomic mass is 16.4. The first-order chi connectivity index (χ1) is 9.90. The number of rotatable bonds is 5. The summed E-state index contributed by atoms with van der Waals surface area (Å²) in [6.07, 6.45) is 3.86. The minimum atomic E-state index is -0.865. The Bertz CT molecular complexity index is 730. The van der Waals surface area contributed by atoms with Crippen LogP contribution < -0.4 is 5.69 Å². The Labute approximate surface area is 121 Å². The van der Waals surface area contributed by atoms with E-state index in [1.165, 1.54) is 4.57 Å². The van der Waals surface area contributed by atoms with E-state index < -0.39 is 5.97 Å². The summed E-state index contributed by atoms with van der Waals surface area (Å²) in [6.45, 7) is 3.87. The first-order valence-corrected chi connectivity index (χ1v) is 6.65. The number of hydrogen-bond acceptors (Lipinski definition) is 4. The van der Waals surface area contributed by atoms with E-state index in [9.17, 15) is 9.59 Å². The second-order valence-electron chi connectivity index (χ2n) is 4.98. The van der Waals surface area contributed by atoms with Crippen molar-refractivity contribution in [1.29, 1.82) is 0 Å². The van der Waals surface area contributed by atoms with Gasteiger partial charge in [-0.15, -0.1) is 0 Å². The number of carbonyl (C=O) groups is 1. The maximum atomic E-state index is 12.1. The van der Waals surface area contributed by atoms with Gasteiger partial charge in [0.15, 0.2) is 0 Å². The second kappa shape index (κ2) is 5.90. The van der Waals surface area contributed by atoms with Crippen LogP contribution in [0.3, 0.4) is 0 Å². The van der Waals surface area contributed by atoms with Gasteiger partial charge in [0.1, 0.15) is 5.82 Å². The molecule has 0 saturated heterocycles. The van der Waals surface area contributed by atoms with Crippen LogP contribution in [0.15, 0.2) is 17.2 Å². The van der Waals surface area contributed by atoms with Gasteiger partial charge in [-0.2, -0.15) is 4.98 Å². The van der Waals surface area contributed by atoms with Crippen LogP contribution in [0.25, 0.3) is 0 Å². The third kappa shape index (κ3) is 3.18. The second-order valence-corrected chi connectivity index (χ2v) is 4.98. The molecule has 0 bridgehead atoms. The van der Waals surface area contributed by atoms with Crippen LogP contribution in [0.2, 0.25) is 0 Å². The first kappa shape index (κ1) is 15.0. The molecule has 0 aliphatic heterocycles. The van der Waals surface area contributed by atoms with Crippen LogP contribution in [0.1, 0.15) is 29.2 Å². The summed E-state index contributed by atoms with van der Waals surface area (Å²) in [6, 6.07) is 0. The third-order valence-electron chi connectivity index (χ3n) is 3.58. The van der Waals surface area contributed by atoms with Crippen molar-refractivity contribution < 1.29 is 9.90 Å². The first-order valence-electron chi connectivity index (χ1n) is 6.65. The minimum Gasteiger partial charge on any atom is -0.481 e. The maximum Gasteiger partial charge on any atom is 0.348 e. The van der Waals surface area contributed by atoms with Crippen molar-refractivity contribution in [3.8, 4) is 0 Å². The van der Waals surface area contributed by atoms with E-state index in [2.05, 4.69) is 9.97 Å². The monoisotopic (exact) mass is 290 g/mol. The molecule has 0 spiro atoms. The standard InChI is InChI=1S/C14H18N4O3/c1-9-11(4-5-13(19)20)10(2)18(14(21)16-9)8-12-15-6-7-17(12)3/h6-7H,4-5,8H2,1-3H3,(H,19,20). The molecular weight excluding hydrogens is 272 g/mol. The average molecular weight is 290 g/mol. The van der Waals surface area contributed by atoms with Crippen LogP contribution in [-0.2, 0) is 24.8 Å². The molecule has 7 heteroatoms. The van der Waals surface area contributed by atoms with E-state index in [4.69, 9.17) is 5.11 Å². The van der Waals surface area contributed by atoms with Crippen molar-refractivity contribution >= 4 is 5.97 Å². The Kier molecular flexibility index (Phi) is 4.21. The fraction of sp³-hybridized carbons (Fsp3) is 0.429. The van der Waals surface area contributed by atoms with Crippen LogP contribution in [0.4, 0.5) is 0 Å². The summed E-state index contributed by atoms with van der Waals surface area (Å²) in [7, 11) is 1.86. The summed E-state index contributed by atoms with van der Waals surface area (Å²) in [5.74, 6) is -0.120. The lowest BCUT2D eigenvalue weighted by Crippen LogP contribution is -2.29. The lowest BCUT2D eigenvalue weighted by atomic mass is 10.1. The lowest BCUT2D eigenvalue weighted by Gasteiger charge is -2.15. The largest absolute Gasteiger partial charge is 0.481 e. The Morgan fingerprint density at radius 3 is 2.67 bits per heavy atom. The Hall–Kier alpha value is -2.44. The maximum absolute atomic E-state index is 12.1. The molecule has 0 unspecified atom stereocenters. The highest BCUT2D eigenvalue weighted by Gasteiger charge is 2.14. The Morgan fingerprint density at radius 2 is 2.10 bits per heavy atom. The van der Waals surface area contributed by atoms with Crippen molar-refractivity contribution in [2.24, 2.45) is 7.05 Å². The molecule has 0 saturated carbocycles. The van der Waals surface area contributed by atoms with Crippen molar-refractivity contribution in [3.05, 3.63) is 45.7 Å². The van der Waals surface area contributed by atoms with Gasteiger partial charge in [-0.25, -0.2) is 9.78 Å². The normalized spacial score (nSPS) is 10.8. The molecule has 2 aromatic heterocycles. The van der Waals surface area contributed by atoms with Crippen LogP contribution in [0.5, 0.6) is 0 Å². The molecule has 21 heavy (non-hydrogen) atoms. The molecule has 0 amide bonds. The number of nitrogens with zero attached hydrogens (tertiary/aromatic N) is 4. The van der Waals surface area contributed by atoms with E-state index in [1.807, 2.05) is 24.7 Å². The number of carboxylic acid groups (broad SMARTS) is 1. The Balaban J connectivity index is 2.41. The van der Waals surface area contributed by atoms with Gasteiger partial charge in [-0.3, -0.25) is 9.36 Å². The number of hydrogen-bond donors (Lipinski definition) is 1. The van der Waals surface area contributed by atoms with Crippen molar-refractivity contribution in [1.82, 2.24) is 19.1 Å². The van der Waals surface area contributed by atoms with E-state index in [-0.39, 0.29) is 12.1 Å². The van der Waals surface area contributed by atoms with Crippen LogP contribution in [-0.4, -0.2) is 30.2 Å². The SMILES string of the molecule is Cc1nc(=O)n(Cc2nccn2C)c(C)c1CCC(=O)O. The van der Waals surface area contributed by atoms with Crippen molar-refractivity contribution in [2.75, 3.05) is 0 Å². The summed E-state index contributed by atoms with van der Waals surface area (Å²) >= 11 is 0. The molecule has 0 aliphatic carbocycles. The molecule has 7 nitrogen and oxygen atoms in total. The molecule has 0 aliphatic rings. The fourth-order valence-corrected chi connectivity index (χ4v) is 2.31. The number of aryl methyl sites for hydroxylation is 2. The summed E-state index contributed by atoms with van der Waals surface area (Å²) in [5, 5.41) is 8.82. The third-order valence-corrected chi connectivity index (χ3v) is 3.58. The summed E-state index contributed by atoms with van der Waals surface area (Å²) < 4.78 is 3.37. The zero-order valence-corrected chi connectivity index (χ0v) is 12.3. The number of carboxylic acids is 1. The highest BCUT2D eigenvalue weighted by Crippen LogP contribution is 2.13. The molecule has 1 N–H and O–H groups in total. The predicted octanol–water partition coefficient (Wildman–Crippen LogP) is 0.659. The average Bonchev–Trinajstić information content (AvgIpc) is 2.79. The van der Waals surface area contributed by atoms with Crippen molar-refractivity contribution in [2.45, 2.75) is 33.2 Å². The summed E-state index contributed by atoms with van der Waals surface area (Å²) in [4.78, 5) is 31.0.